The molecular formula is C124H184O24. The standard InChI is InChI=1S/2C22H32O4.4C20H30O4/c1-2-20-21(26-20)17-13-9-5-3-7-11-15-19(23)16-12-8-4-6-10-14-18-22(24)25;1-2-20-21(26-20)17-13-9-7-5-3-4-6-8-11-15-19(23)16-12-10-14-18-22(24)25;1-2-18-19(24-18)15-11-6-4-3-5-9-13-17(21)14-10-7-8-12-16-20(22)23;1-2-18-19(24-18)15-12-11-14-17(21)13-9-7-5-3-4-6-8-10-16-20(22)23;1-2-18-19(24-18)15-11-9-7-5-3-4-6-8-10-13-17(21)14-12-16-20(22)23;1-2-18-19(24-18)16-17(21)14-12-10-8-6-4-3-5-7-9-11-13-15-20(22)23/h3,6-13,15,19-21,23H,2,4-5,14,16-18H2,1H3,(H,24,25);3,5-6,8-13,15,19-21,23H,2,4,7,14,16-18H2,1H3,(H,24,25);3,5-7,9-11,13,17-19,21H,2,4,8,12,14-16H2,1H3,(H,22,23);4-7,9,11-13,17-19,21H,2-3,8,10,14-16H2,1H3,(H,22,23);3,5-6,8-11,13,17-19,21H,2,4,7,12,14-16H2,1H3,(H,22,23);3-4,7-10,12,14,17-19,21H,2,5-6,11,13,15-16H2,1H3,(H,22,23)/b7-3-,10-6-,12-8-,13-9-,15-11-;5-3-,8-6-,12-10-,13-9-,15-11+;5-3-,10-7-,11-6-,13-9-;6-4-,7-5-,12-11-,13-9-;5-3-,8-6-,11-9-,13-10+;4-3-,9-7-,10-8-,14-12+. The van der Waals surface area contributed by atoms with Crippen LogP contribution in [0.5, 0.6) is 0 Å². The van der Waals surface area contributed by atoms with E-state index < -0.39 is 72.4 Å². The van der Waals surface area contributed by atoms with Gasteiger partial charge in [0.05, 0.1) is 110 Å². The molecule has 24 nitrogen and oxygen atoms in total. The molecule has 148 heavy (non-hydrogen) atoms. The lowest BCUT2D eigenvalue weighted by atomic mass is 10.1. The fourth-order valence-electron chi connectivity index (χ4n) is 14.1. The fourth-order valence-corrected chi connectivity index (χ4v) is 14.1. The van der Waals surface area contributed by atoms with Gasteiger partial charge in [0.1, 0.15) is 0 Å². The molecule has 24 heteroatoms. The van der Waals surface area contributed by atoms with E-state index in [1.165, 1.54) is 0 Å². The van der Waals surface area contributed by atoms with Crippen LogP contribution in [0.3, 0.4) is 0 Å². The first-order valence-electron chi connectivity index (χ1n) is 54.2. The van der Waals surface area contributed by atoms with Crippen molar-refractivity contribution in [2.75, 3.05) is 0 Å². The van der Waals surface area contributed by atoms with Crippen molar-refractivity contribution >= 4 is 35.8 Å². The van der Waals surface area contributed by atoms with Crippen molar-refractivity contribution < 1.29 is 118 Å². The molecule has 6 saturated heterocycles. The summed E-state index contributed by atoms with van der Waals surface area (Å²) < 4.78 is 32.7. The second-order valence-corrected chi connectivity index (χ2v) is 36.3. The van der Waals surface area contributed by atoms with Crippen LogP contribution in [0.15, 0.2) is 316 Å². The van der Waals surface area contributed by atoms with Gasteiger partial charge in [0, 0.05) is 44.9 Å². The minimum absolute atomic E-state index is 0.104. The Hall–Kier alpha value is -10.4. The molecule has 0 aromatic rings. The van der Waals surface area contributed by atoms with E-state index in [4.69, 9.17) is 59.1 Å². The van der Waals surface area contributed by atoms with E-state index in [0.29, 0.717) is 144 Å². The van der Waals surface area contributed by atoms with Crippen LogP contribution in [-0.4, -0.2) is 207 Å². The Morgan fingerprint density at radius 3 is 0.649 bits per heavy atom. The molecule has 0 radical (unpaired) electrons. The molecule has 0 saturated carbocycles. The lowest BCUT2D eigenvalue weighted by Gasteiger charge is -2.02. The highest BCUT2D eigenvalue weighted by atomic mass is 16.6. The average molecular weight is 2060 g/mol. The van der Waals surface area contributed by atoms with Gasteiger partial charge in [-0.15, -0.1) is 0 Å². The molecule has 0 spiro atoms. The van der Waals surface area contributed by atoms with E-state index in [-0.39, 0.29) is 44.6 Å². The summed E-state index contributed by atoms with van der Waals surface area (Å²) in [5.41, 5.74) is 0. The maximum atomic E-state index is 10.4. The minimum atomic E-state index is -0.821. The van der Waals surface area contributed by atoms with E-state index in [1.54, 1.807) is 48.6 Å². The smallest absolute Gasteiger partial charge is 0.303 e. The highest BCUT2D eigenvalue weighted by molar-refractivity contribution is 5.68. The summed E-state index contributed by atoms with van der Waals surface area (Å²) in [7, 11) is 0. The first kappa shape index (κ1) is 136. The summed E-state index contributed by atoms with van der Waals surface area (Å²) in [6.45, 7) is 12.8. The van der Waals surface area contributed by atoms with Crippen molar-refractivity contribution in [3.63, 3.8) is 0 Å². The Labute approximate surface area is 886 Å². The molecule has 6 fully saturated rings. The molecule has 0 aromatic carbocycles. The Balaban J connectivity index is 0.000000888. The number of hydrogen-bond donors (Lipinski definition) is 12. The van der Waals surface area contributed by atoms with Crippen LogP contribution in [0, 0.1) is 0 Å². The molecule has 0 aromatic heterocycles. The highest BCUT2D eigenvalue weighted by Gasteiger charge is 2.39. The Morgan fingerprint density at radius 1 is 0.196 bits per heavy atom. The lowest BCUT2D eigenvalue weighted by molar-refractivity contribution is -0.138. The number of unbranched alkanes of at least 4 members (excludes halogenated alkanes) is 3. The van der Waals surface area contributed by atoms with Crippen molar-refractivity contribution in [1.29, 1.82) is 0 Å². The summed E-state index contributed by atoms with van der Waals surface area (Å²) in [6.07, 6.45) is 135. The number of ether oxygens (including phenoxy) is 6. The van der Waals surface area contributed by atoms with Crippen molar-refractivity contribution in [3.8, 4) is 0 Å². The van der Waals surface area contributed by atoms with Gasteiger partial charge >= 0.3 is 35.8 Å². The quantitative estimate of drug-likeness (QED) is 0.0116. The van der Waals surface area contributed by atoms with Crippen molar-refractivity contribution in [2.24, 2.45) is 0 Å². The third-order valence-electron chi connectivity index (χ3n) is 23.1. The zero-order valence-corrected chi connectivity index (χ0v) is 89.4. The lowest BCUT2D eigenvalue weighted by Crippen LogP contribution is -2.07. The molecule has 0 amide bonds. The number of carbonyl (C=O) groups is 6. The number of aliphatic carboxylic acids is 6. The SMILES string of the molecule is CCC1OC1C/C=C\C/C=C\C/C=C\C=C\C(O)C/C=C\CCC(=O)O.CCC1OC1C/C=C\C/C=C\C/C=C\C=C\C(O)CCCC(=O)O.CCC1OC1C/C=C\C/C=C\C=C/C(O)C/C=C\C/C=C\CCC(=O)O.CCC1OC1C/C=C\C/C=C\C=C/C(O)C/C=C\CCCC(=O)O.CCC1OC1C/C=C\CC(O)/C=C\C=C/C/C=C\CCCC(=O)O.CCC1OC1CC(O)/C=C/C=C\C/C=C\C/C=C\CCCC(=O)O. The zero-order valence-electron chi connectivity index (χ0n) is 89.4. The van der Waals surface area contributed by atoms with Crippen LogP contribution in [0.2, 0.25) is 0 Å². The summed E-state index contributed by atoms with van der Waals surface area (Å²) in [6, 6.07) is 0. The number of epoxide rings is 6. The minimum Gasteiger partial charge on any atom is -0.481 e. The van der Waals surface area contributed by atoms with Gasteiger partial charge in [-0.2, -0.15) is 0 Å². The van der Waals surface area contributed by atoms with Gasteiger partial charge < -0.3 is 89.7 Å². The molecule has 6 heterocycles. The third-order valence-corrected chi connectivity index (χ3v) is 23.1. The largest absolute Gasteiger partial charge is 0.481 e. The predicted molar refractivity (Wildman–Crippen MR) is 599 cm³/mol. The van der Waals surface area contributed by atoms with Gasteiger partial charge in [-0.3, -0.25) is 28.8 Å². The van der Waals surface area contributed by atoms with Gasteiger partial charge in [0.25, 0.3) is 0 Å². The fraction of sp³-hybridized carbons (Fsp3) is 0.532. The van der Waals surface area contributed by atoms with Crippen LogP contribution in [0.1, 0.15) is 311 Å². The summed E-state index contributed by atoms with van der Waals surface area (Å²) in [5.74, 6) is -4.64. The third kappa shape index (κ3) is 94.1. The second-order valence-electron chi connectivity index (χ2n) is 36.3. The predicted octanol–water partition coefficient (Wildman–Crippen LogP) is 26.2. The van der Waals surface area contributed by atoms with E-state index in [2.05, 4.69) is 145 Å². The molecule has 6 rings (SSSR count). The maximum absolute atomic E-state index is 10.4. The van der Waals surface area contributed by atoms with Crippen molar-refractivity contribution in [2.45, 2.75) is 421 Å². The summed E-state index contributed by atoms with van der Waals surface area (Å²) in [5, 5.41) is 110. The first-order valence-corrected chi connectivity index (χ1v) is 54.2. The number of hydrogen-bond acceptors (Lipinski definition) is 18. The Kier molecular flexibility index (Phi) is 88.1. The zero-order chi connectivity index (χ0) is 109. The van der Waals surface area contributed by atoms with Crippen LogP contribution < -0.4 is 0 Å². The molecule has 12 N–H and O–H groups in total. The van der Waals surface area contributed by atoms with E-state index in [1.807, 2.05) is 164 Å². The van der Waals surface area contributed by atoms with Crippen molar-refractivity contribution in [1.82, 2.24) is 0 Å². The van der Waals surface area contributed by atoms with E-state index in [9.17, 15) is 59.4 Å². The normalized spacial score (nSPS) is 22.1. The molecule has 824 valence electrons. The number of aliphatic hydroxyl groups excluding tert-OH is 6. The Bertz CT molecular complexity index is 4290. The van der Waals surface area contributed by atoms with E-state index >= 15 is 0 Å². The molecule has 0 aliphatic carbocycles. The van der Waals surface area contributed by atoms with Gasteiger partial charge in [-0.25, -0.2) is 0 Å². The molecule has 18 atom stereocenters. The highest BCUT2D eigenvalue weighted by Crippen LogP contribution is 2.33. The monoisotopic (exact) mass is 2060 g/mol. The van der Waals surface area contributed by atoms with E-state index in [0.717, 1.165) is 154 Å². The molecular weight excluding hydrogens is 1870 g/mol. The van der Waals surface area contributed by atoms with Gasteiger partial charge in [-0.1, -0.05) is 357 Å². The van der Waals surface area contributed by atoms with Crippen molar-refractivity contribution in [3.05, 3.63) is 316 Å². The summed E-state index contributed by atoms with van der Waals surface area (Å²) >= 11 is 0. The topological polar surface area (TPSA) is 420 Å². The molecule has 18 unspecified atom stereocenters. The number of rotatable bonds is 80. The number of carboxylic acid groups (broad SMARTS) is 6. The van der Waals surface area contributed by atoms with Gasteiger partial charge in [0.15, 0.2) is 0 Å². The number of aliphatic hydroxyl groups is 6. The molecule has 0 bridgehead atoms. The van der Waals surface area contributed by atoms with Crippen LogP contribution in [0.4, 0.5) is 0 Å². The number of allylic oxidation sites excluding steroid dienone is 37. The Morgan fingerprint density at radius 2 is 0.385 bits per heavy atom. The first-order chi connectivity index (χ1) is 71.8. The number of carboxylic acids is 6. The second kappa shape index (κ2) is 96.2. The van der Waals surface area contributed by atoms with Gasteiger partial charge in [0.2, 0.25) is 0 Å². The molecule has 6 aliphatic rings. The van der Waals surface area contributed by atoms with Crippen LogP contribution >= 0.6 is 0 Å². The molecule has 6 aliphatic heterocycles. The maximum Gasteiger partial charge on any atom is 0.303 e. The average Bonchev–Trinajstić information content (AvgIpc) is 1.71. The van der Waals surface area contributed by atoms with Crippen LogP contribution in [0.25, 0.3) is 0 Å². The summed E-state index contributed by atoms with van der Waals surface area (Å²) in [4.78, 5) is 62.0. The van der Waals surface area contributed by atoms with Gasteiger partial charge in [-0.05, 0) is 225 Å². The van der Waals surface area contributed by atoms with Crippen LogP contribution in [-0.2, 0) is 57.2 Å².